The van der Waals surface area contributed by atoms with Crippen LogP contribution in [0.3, 0.4) is 0 Å². The Labute approximate surface area is 210 Å². The number of halogens is 1. The average Bonchev–Trinajstić information content (AvgIpc) is 3.46. The highest BCUT2D eigenvalue weighted by molar-refractivity contribution is 7.80. The first kappa shape index (κ1) is 22.4. The lowest BCUT2D eigenvalue weighted by molar-refractivity contribution is 0.439. The van der Waals surface area contributed by atoms with Crippen molar-refractivity contribution in [2.24, 2.45) is 0 Å². The van der Waals surface area contributed by atoms with E-state index in [2.05, 4.69) is 44.4 Å². The maximum atomic E-state index is 6.43. The summed E-state index contributed by atoms with van der Waals surface area (Å²) in [6.07, 6.45) is 1.80. The smallest absolute Gasteiger partial charge is 0.174 e. The Morgan fingerprint density at radius 1 is 1.03 bits per heavy atom. The van der Waals surface area contributed by atoms with Gasteiger partial charge >= 0.3 is 0 Å². The second-order valence-electron chi connectivity index (χ2n) is 8.57. The molecule has 1 aliphatic rings. The molecule has 0 spiro atoms. The second kappa shape index (κ2) is 9.12. The highest BCUT2D eigenvalue weighted by Crippen LogP contribution is 2.43. The lowest BCUT2D eigenvalue weighted by Crippen LogP contribution is -2.29. The number of hydrogen-bond donors (Lipinski definition) is 1. The summed E-state index contributed by atoms with van der Waals surface area (Å²) in [5.74, 6) is 1.56. The summed E-state index contributed by atoms with van der Waals surface area (Å²) in [6, 6.07) is 23.8. The monoisotopic (exact) mass is 488 g/mol. The number of pyridine rings is 1. The van der Waals surface area contributed by atoms with E-state index < -0.39 is 0 Å². The summed E-state index contributed by atoms with van der Waals surface area (Å²) in [5, 5.41) is 4.82. The van der Waals surface area contributed by atoms with Crippen LogP contribution >= 0.6 is 23.8 Å². The zero-order valence-corrected chi connectivity index (χ0v) is 20.8. The third-order valence-corrected chi connectivity index (χ3v) is 6.84. The molecule has 0 bridgehead atoms. The van der Waals surface area contributed by atoms with Crippen LogP contribution in [0.15, 0.2) is 83.4 Å². The van der Waals surface area contributed by atoms with Gasteiger partial charge in [-0.15, -0.1) is 0 Å². The predicted molar refractivity (Wildman–Crippen MR) is 143 cm³/mol. The van der Waals surface area contributed by atoms with Crippen LogP contribution in [0.25, 0.3) is 11.3 Å². The van der Waals surface area contributed by atoms with Crippen molar-refractivity contribution in [3.8, 4) is 11.3 Å². The number of furan rings is 1. The van der Waals surface area contributed by atoms with Gasteiger partial charge in [0.05, 0.1) is 11.7 Å². The minimum absolute atomic E-state index is 0.164. The Bertz CT molecular complexity index is 1320. The Morgan fingerprint density at radius 2 is 1.82 bits per heavy atom. The molecule has 2 aromatic carbocycles. The van der Waals surface area contributed by atoms with Crippen LogP contribution in [0, 0.1) is 6.92 Å². The molecule has 0 aliphatic carbocycles. The minimum Gasteiger partial charge on any atom is -0.459 e. The molecule has 34 heavy (non-hydrogen) atoms. The van der Waals surface area contributed by atoms with Gasteiger partial charge in [0.25, 0.3) is 0 Å². The molecule has 0 unspecified atom stereocenters. The molecular weight excluding hydrogens is 464 g/mol. The van der Waals surface area contributed by atoms with Crippen LogP contribution in [0.1, 0.15) is 29.1 Å². The topological polar surface area (TPSA) is 44.5 Å². The number of hydrogen-bond acceptors (Lipinski definition) is 4. The molecule has 7 heteroatoms. The first-order valence-corrected chi connectivity index (χ1v) is 11.9. The Kier molecular flexibility index (Phi) is 6.02. The van der Waals surface area contributed by atoms with Crippen molar-refractivity contribution in [3.63, 3.8) is 0 Å². The highest BCUT2D eigenvalue weighted by atomic mass is 35.5. The number of nitrogens with one attached hydrogen (secondary N) is 1. The van der Waals surface area contributed by atoms with Gasteiger partial charge in [-0.05, 0) is 79.3 Å². The van der Waals surface area contributed by atoms with E-state index in [1.807, 2.05) is 69.6 Å². The molecule has 5 nitrogen and oxygen atoms in total. The molecule has 1 saturated heterocycles. The standard InChI is InChI=1S/C27H25ClN4OS/c1-17-7-8-18(16-21(17)28)23-13-14-24(33-23)26-25(22-6-4-5-15-29-22)30-27(34)32(26)20-11-9-19(10-12-20)31(2)3/h4-16,25-26H,1-3H3,(H,30,34)/t25-,26-/m1/s1. The van der Waals surface area contributed by atoms with Crippen LogP contribution in [0.4, 0.5) is 11.4 Å². The SMILES string of the molecule is Cc1ccc(-c2ccc([C@@H]3[C@@H](c4ccccn4)NC(=S)N3c3ccc(N(C)C)cc3)o2)cc1Cl. The van der Waals surface area contributed by atoms with E-state index in [-0.39, 0.29) is 12.1 Å². The fourth-order valence-electron chi connectivity index (χ4n) is 4.25. The van der Waals surface area contributed by atoms with Gasteiger partial charge in [0.2, 0.25) is 0 Å². The number of aryl methyl sites for hydroxylation is 1. The quantitative estimate of drug-likeness (QED) is 0.321. The summed E-state index contributed by atoms with van der Waals surface area (Å²) >= 11 is 12.2. The summed E-state index contributed by atoms with van der Waals surface area (Å²) in [7, 11) is 4.05. The van der Waals surface area contributed by atoms with E-state index in [9.17, 15) is 0 Å². The third kappa shape index (κ3) is 4.15. The number of anilines is 2. The van der Waals surface area contributed by atoms with Gasteiger partial charge in [-0.2, -0.15) is 0 Å². The molecular formula is C27H25ClN4OS. The number of thiocarbonyl (C=S) groups is 1. The Morgan fingerprint density at radius 3 is 2.50 bits per heavy atom. The zero-order valence-electron chi connectivity index (χ0n) is 19.2. The maximum Gasteiger partial charge on any atom is 0.174 e. The van der Waals surface area contributed by atoms with E-state index in [0.29, 0.717) is 10.1 Å². The van der Waals surface area contributed by atoms with Crippen molar-refractivity contribution < 1.29 is 4.42 Å². The first-order valence-electron chi connectivity index (χ1n) is 11.1. The zero-order chi connectivity index (χ0) is 23.8. The average molecular weight is 489 g/mol. The van der Waals surface area contributed by atoms with Gasteiger partial charge < -0.3 is 19.5 Å². The van der Waals surface area contributed by atoms with Crippen molar-refractivity contribution in [3.05, 3.63) is 101 Å². The molecule has 5 rings (SSSR count). The van der Waals surface area contributed by atoms with Crippen molar-refractivity contribution in [1.82, 2.24) is 10.3 Å². The number of aromatic nitrogens is 1. The molecule has 1 fully saturated rings. The number of rotatable bonds is 5. The summed E-state index contributed by atoms with van der Waals surface area (Å²) < 4.78 is 6.43. The summed E-state index contributed by atoms with van der Waals surface area (Å²) in [5.41, 5.74) is 4.98. The van der Waals surface area contributed by atoms with E-state index >= 15 is 0 Å². The van der Waals surface area contributed by atoms with Crippen molar-refractivity contribution in [2.75, 3.05) is 23.9 Å². The Hall–Kier alpha value is -3.35. The lowest BCUT2D eigenvalue weighted by atomic mass is 10.0. The molecule has 4 aromatic rings. The van der Waals surface area contributed by atoms with Crippen LogP contribution in [0.5, 0.6) is 0 Å². The molecule has 2 atom stereocenters. The van der Waals surface area contributed by atoms with Gasteiger partial charge in [0.1, 0.15) is 17.6 Å². The van der Waals surface area contributed by atoms with E-state index in [0.717, 1.165) is 39.7 Å². The maximum absolute atomic E-state index is 6.43. The van der Waals surface area contributed by atoms with Crippen LogP contribution in [-0.2, 0) is 0 Å². The van der Waals surface area contributed by atoms with Crippen molar-refractivity contribution in [2.45, 2.75) is 19.0 Å². The van der Waals surface area contributed by atoms with Crippen molar-refractivity contribution in [1.29, 1.82) is 0 Å². The summed E-state index contributed by atoms with van der Waals surface area (Å²) in [6.45, 7) is 1.99. The largest absolute Gasteiger partial charge is 0.459 e. The van der Waals surface area contributed by atoms with Crippen molar-refractivity contribution >= 4 is 40.3 Å². The molecule has 1 N–H and O–H groups in total. The molecule has 2 aromatic heterocycles. The lowest BCUT2D eigenvalue weighted by Gasteiger charge is -2.26. The normalized spacial score (nSPS) is 17.6. The van der Waals surface area contributed by atoms with Crippen LogP contribution in [-0.4, -0.2) is 24.2 Å². The van der Waals surface area contributed by atoms with Crippen LogP contribution < -0.4 is 15.1 Å². The van der Waals surface area contributed by atoms with Gasteiger partial charge in [-0.25, -0.2) is 0 Å². The van der Waals surface area contributed by atoms with Gasteiger partial charge in [0.15, 0.2) is 5.11 Å². The highest BCUT2D eigenvalue weighted by Gasteiger charge is 2.42. The molecule has 172 valence electrons. The third-order valence-electron chi connectivity index (χ3n) is 6.12. The first-order chi connectivity index (χ1) is 16.4. The molecule has 0 saturated carbocycles. The molecule has 0 amide bonds. The van der Waals surface area contributed by atoms with Crippen LogP contribution in [0.2, 0.25) is 5.02 Å². The molecule has 3 heterocycles. The number of benzene rings is 2. The Balaban J connectivity index is 1.57. The minimum atomic E-state index is -0.206. The van der Waals surface area contributed by atoms with E-state index in [1.165, 1.54) is 0 Å². The second-order valence-corrected chi connectivity index (χ2v) is 9.37. The fraction of sp³-hybridized carbons (Fsp3) is 0.185. The number of nitrogens with zero attached hydrogens (tertiary/aromatic N) is 3. The van der Waals surface area contributed by atoms with Gasteiger partial charge in [-0.1, -0.05) is 29.8 Å². The van der Waals surface area contributed by atoms with E-state index in [4.69, 9.17) is 28.2 Å². The predicted octanol–water partition coefficient (Wildman–Crippen LogP) is 6.55. The van der Waals surface area contributed by atoms with Gasteiger partial charge in [-0.3, -0.25) is 4.98 Å². The fourth-order valence-corrected chi connectivity index (χ4v) is 4.77. The summed E-state index contributed by atoms with van der Waals surface area (Å²) in [4.78, 5) is 8.79. The molecule has 1 aliphatic heterocycles. The van der Waals surface area contributed by atoms with Gasteiger partial charge in [0, 0.05) is 42.3 Å². The van der Waals surface area contributed by atoms with E-state index in [1.54, 1.807) is 6.20 Å². The molecule has 0 radical (unpaired) electrons.